The molecule has 1 heterocycles. The van der Waals surface area contributed by atoms with Gasteiger partial charge in [0.05, 0.1) is 30.3 Å². The molecule has 0 aromatic rings. The highest BCUT2D eigenvalue weighted by Gasteiger charge is 2.31. The Labute approximate surface area is 103 Å². The van der Waals surface area contributed by atoms with Crippen LogP contribution in [0.1, 0.15) is 40.5 Å². The second-order valence-electron chi connectivity index (χ2n) is 5.52. The van der Waals surface area contributed by atoms with Crippen LogP contribution in [0.25, 0.3) is 0 Å². The van der Waals surface area contributed by atoms with E-state index in [9.17, 15) is 4.79 Å². The van der Waals surface area contributed by atoms with E-state index in [-0.39, 0.29) is 24.2 Å². The zero-order valence-electron chi connectivity index (χ0n) is 11.2. The van der Waals surface area contributed by atoms with E-state index in [1.54, 1.807) is 0 Å². The Bertz CT molecular complexity index is 258. The lowest BCUT2D eigenvalue weighted by molar-refractivity contribution is -0.140. The lowest BCUT2D eigenvalue weighted by atomic mass is 9.93. The average molecular weight is 244 g/mol. The number of hydrogen-bond donors (Lipinski definition) is 2. The summed E-state index contributed by atoms with van der Waals surface area (Å²) in [6.45, 7) is 8.11. The number of carbonyl (C=O) groups is 1. The standard InChI is InChI=1S/C12H24N2O3/c1-8-5-10(6-9(2)17-8)16-7-12(3,4)11(15)14-13/h8-10H,5-7,13H2,1-4H3,(H,14,15). The summed E-state index contributed by atoms with van der Waals surface area (Å²) in [5.41, 5.74) is 1.57. The third-order valence-electron chi connectivity index (χ3n) is 3.08. The molecule has 5 nitrogen and oxygen atoms in total. The summed E-state index contributed by atoms with van der Waals surface area (Å²) in [6, 6.07) is 0. The highest BCUT2D eigenvalue weighted by molar-refractivity contribution is 5.81. The lowest BCUT2D eigenvalue weighted by Crippen LogP contribution is -2.45. The molecule has 1 rings (SSSR count). The number of nitrogens with two attached hydrogens (primary N) is 1. The Hall–Kier alpha value is -0.650. The first-order valence-electron chi connectivity index (χ1n) is 6.13. The Balaban J connectivity index is 2.42. The van der Waals surface area contributed by atoms with Gasteiger partial charge in [-0.2, -0.15) is 0 Å². The molecule has 5 heteroatoms. The maximum atomic E-state index is 11.5. The van der Waals surface area contributed by atoms with Gasteiger partial charge in [-0.05, 0) is 40.5 Å². The minimum Gasteiger partial charge on any atom is -0.377 e. The number of hydrazine groups is 1. The predicted octanol–water partition coefficient (Wildman–Crippen LogP) is 0.975. The quantitative estimate of drug-likeness (QED) is 0.439. The third kappa shape index (κ3) is 4.26. The Morgan fingerprint density at radius 3 is 2.41 bits per heavy atom. The number of hydrogen-bond acceptors (Lipinski definition) is 4. The number of nitrogens with one attached hydrogen (secondary N) is 1. The first-order valence-corrected chi connectivity index (χ1v) is 6.13. The van der Waals surface area contributed by atoms with Crippen LogP contribution in [0.3, 0.4) is 0 Å². The van der Waals surface area contributed by atoms with Crippen molar-refractivity contribution >= 4 is 5.91 Å². The van der Waals surface area contributed by atoms with Crippen LogP contribution in [0, 0.1) is 5.41 Å². The summed E-state index contributed by atoms with van der Waals surface area (Å²) < 4.78 is 11.5. The van der Waals surface area contributed by atoms with E-state index < -0.39 is 5.41 Å². The van der Waals surface area contributed by atoms with E-state index in [1.165, 1.54) is 0 Å². The zero-order valence-corrected chi connectivity index (χ0v) is 11.2. The molecule has 0 aromatic heterocycles. The maximum Gasteiger partial charge on any atom is 0.241 e. The van der Waals surface area contributed by atoms with E-state index in [2.05, 4.69) is 5.43 Å². The van der Waals surface area contributed by atoms with Crippen molar-refractivity contribution in [1.82, 2.24) is 5.43 Å². The molecule has 1 aliphatic rings. The number of carbonyl (C=O) groups excluding carboxylic acids is 1. The fourth-order valence-electron chi connectivity index (χ4n) is 2.07. The molecule has 0 aromatic carbocycles. The van der Waals surface area contributed by atoms with Crippen molar-refractivity contribution in [2.24, 2.45) is 11.3 Å². The van der Waals surface area contributed by atoms with Crippen molar-refractivity contribution in [2.45, 2.75) is 58.8 Å². The molecule has 0 radical (unpaired) electrons. The van der Waals surface area contributed by atoms with Gasteiger partial charge in [0.1, 0.15) is 0 Å². The van der Waals surface area contributed by atoms with Crippen molar-refractivity contribution in [2.75, 3.05) is 6.61 Å². The normalized spacial score (nSPS) is 30.1. The molecule has 2 unspecified atom stereocenters. The molecule has 0 aliphatic carbocycles. The largest absolute Gasteiger partial charge is 0.377 e. The zero-order chi connectivity index (χ0) is 13.1. The minimum atomic E-state index is -0.598. The van der Waals surface area contributed by atoms with Gasteiger partial charge in [0.2, 0.25) is 5.91 Å². The van der Waals surface area contributed by atoms with Crippen LogP contribution < -0.4 is 11.3 Å². The number of rotatable bonds is 4. The summed E-state index contributed by atoms with van der Waals surface area (Å²) in [5.74, 6) is 4.93. The van der Waals surface area contributed by atoms with E-state index in [0.29, 0.717) is 6.61 Å². The van der Waals surface area contributed by atoms with Gasteiger partial charge in [0, 0.05) is 0 Å². The van der Waals surface area contributed by atoms with Crippen LogP contribution >= 0.6 is 0 Å². The monoisotopic (exact) mass is 244 g/mol. The molecule has 1 aliphatic heterocycles. The smallest absolute Gasteiger partial charge is 0.241 e. The third-order valence-corrected chi connectivity index (χ3v) is 3.08. The van der Waals surface area contributed by atoms with E-state index >= 15 is 0 Å². The molecule has 17 heavy (non-hydrogen) atoms. The van der Waals surface area contributed by atoms with Gasteiger partial charge in [0.15, 0.2) is 0 Å². The van der Waals surface area contributed by atoms with Crippen molar-refractivity contribution in [1.29, 1.82) is 0 Å². The molecule has 1 amide bonds. The summed E-state index contributed by atoms with van der Waals surface area (Å²) in [5, 5.41) is 0. The summed E-state index contributed by atoms with van der Waals surface area (Å²) in [4.78, 5) is 11.5. The molecule has 0 saturated carbocycles. The van der Waals surface area contributed by atoms with Gasteiger partial charge >= 0.3 is 0 Å². The fraction of sp³-hybridized carbons (Fsp3) is 0.917. The highest BCUT2D eigenvalue weighted by Crippen LogP contribution is 2.24. The van der Waals surface area contributed by atoms with Crippen molar-refractivity contribution in [3.8, 4) is 0 Å². The van der Waals surface area contributed by atoms with Gasteiger partial charge in [0.25, 0.3) is 0 Å². The van der Waals surface area contributed by atoms with Crippen LogP contribution in [-0.2, 0) is 14.3 Å². The Kier molecular flexibility index (Phi) is 4.91. The van der Waals surface area contributed by atoms with Crippen molar-refractivity contribution in [3.63, 3.8) is 0 Å². The minimum absolute atomic E-state index is 0.165. The van der Waals surface area contributed by atoms with Crippen LogP contribution in [0.5, 0.6) is 0 Å². The summed E-state index contributed by atoms with van der Waals surface area (Å²) >= 11 is 0. The lowest BCUT2D eigenvalue weighted by Gasteiger charge is -2.34. The van der Waals surface area contributed by atoms with E-state index in [4.69, 9.17) is 15.3 Å². The van der Waals surface area contributed by atoms with Gasteiger partial charge in [-0.1, -0.05) is 0 Å². The fourth-order valence-corrected chi connectivity index (χ4v) is 2.07. The topological polar surface area (TPSA) is 73.6 Å². The van der Waals surface area contributed by atoms with Crippen LogP contribution in [0.2, 0.25) is 0 Å². The molecule has 1 saturated heterocycles. The first-order chi connectivity index (χ1) is 7.85. The highest BCUT2D eigenvalue weighted by atomic mass is 16.5. The summed E-state index contributed by atoms with van der Waals surface area (Å²) in [6.07, 6.45) is 2.36. The molecular weight excluding hydrogens is 220 g/mol. The van der Waals surface area contributed by atoms with Crippen molar-refractivity contribution < 1.29 is 14.3 Å². The Morgan fingerprint density at radius 2 is 1.94 bits per heavy atom. The van der Waals surface area contributed by atoms with E-state index in [0.717, 1.165) is 12.8 Å². The van der Waals surface area contributed by atoms with Crippen LogP contribution in [0.15, 0.2) is 0 Å². The molecule has 100 valence electrons. The number of ether oxygens (including phenoxy) is 2. The Morgan fingerprint density at radius 1 is 1.41 bits per heavy atom. The molecule has 1 fully saturated rings. The molecule has 2 atom stereocenters. The van der Waals surface area contributed by atoms with E-state index in [1.807, 2.05) is 27.7 Å². The average Bonchev–Trinajstić information content (AvgIpc) is 2.24. The SMILES string of the molecule is CC1CC(OCC(C)(C)C(=O)NN)CC(C)O1. The summed E-state index contributed by atoms with van der Waals surface area (Å²) in [7, 11) is 0. The molecule has 0 spiro atoms. The van der Waals surface area contributed by atoms with Crippen LogP contribution in [-0.4, -0.2) is 30.8 Å². The molecular formula is C12H24N2O3. The second-order valence-corrected chi connectivity index (χ2v) is 5.52. The number of amides is 1. The van der Waals surface area contributed by atoms with Gasteiger partial charge in [-0.25, -0.2) is 5.84 Å². The second kappa shape index (κ2) is 5.80. The van der Waals surface area contributed by atoms with Crippen LogP contribution in [0.4, 0.5) is 0 Å². The molecule has 3 N–H and O–H groups in total. The van der Waals surface area contributed by atoms with Gasteiger partial charge < -0.3 is 9.47 Å². The van der Waals surface area contributed by atoms with Crippen molar-refractivity contribution in [3.05, 3.63) is 0 Å². The predicted molar refractivity (Wildman–Crippen MR) is 65.1 cm³/mol. The van der Waals surface area contributed by atoms with Gasteiger partial charge in [-0.3, -0.25) is 10.2 Å². The van der Waals surface area contributed by atoms with Gasteiger partial charge in [-0.15, -0.1) is 0 Å². The first kappa shape index (κ1) is 14.4. The maximum absolute atomic E-state index is 11.5. The molecule has 0 bridgehead atoms.